The maximum Gasteiger partial charge on any atom is 0.342 e. The number of esters is 1. The molecule has 1 aliphatic carbocycles. The molecule has 0 spiro atoms. The average molecular weight is 409 g/mol. The van der Waals surface area contributed by atoms with Crippen LogP contribution in [-0.2, 0) is 18.2 Å². The molecule has 0 atom stereocenters. The fourth-order valence-corrected chi connectivity index (χ4v) is 3.51. The van der Waals surface area contributed by atoms with E-state index in [0.29, 0.717) is 46.4 Å². The Morgan fingerprint density at radius 2 is 2.16 bits per heavy atom. The molecule has 132 valence electrons. The monoisotopic (exact) mass is 408 g/mol. The summed E-state index contributed by atoms with van der Waals surface area (Å²) >= 11 is 3.22. The Labute approximate surface area is 153 Å². The van der Waals surface area contributed by atoms with Crippen LogP contribution in [0.15, 0.2) is 22.7 Å². The van der Waals surface area contributed by atoms with Gasteiger partial charge in [-0.25, -0.2) is 9.18 Å². The maximum absolute atomic E-state index is 14.2. The highest BCUT2D eigenvalue weighted by atomic mass is 79.9. The van der Waals surface area contributed by atoms with Crippen molar-refractivity contribution in [3.05, 3.63) is 45.3 Å². The standard InChI is InChI=1S/C18H18BrFN2O3/c1-3-25-18(24)15-11-5-4-6-14(23)16(11)22(2)17(15)21-13-8-7-10(19)9-12(13)20/h7-9,21H,3-6H2,1-2H3. The Bertz CT molecular complexity index is 860. The van der Waals surface area contributed by atoms with Gasteiger partial charge >= 0.3 is 5.97 Å². The Morgan fingerprint density at radius 1 is 1.40 bits per heavy atom. The number of anilines is 2. The minimum Gasteiger partial charge on any atom is -0.462 e. The van der Waals surface area contributed by atoms with Crippen molar-refractivity contribution in [1.82, 2.24) is 4.57 Å². The van der Waals surface area contributed by atoms with Crippen molar-refractivity contribution in [3.8, 4) is 0 Å². The third kappa shape index (κ3) is 3.20. The number of ether oxygens (including phenoxy) is 1. The normalized spacial score (nSPS) is 13.5. The van der Waals surface area contributed by atoms with Crippen molar-refractivity contribution in [2.45, 2.75) is 26.2 Å². The number of aromatic nitrogens is 1. The molecule has 1 N–H and O–H groups in total. The number of Topliss-reactive ketones (excluding diaryl/α,β-unsaturated/α-hetero) is 1. The number of halogens is 2. The van der Waals surface area contributed by atoms with E-state index in [-0.39, 0.29) is 18.1 Å². The third-order valence-corrected chi connectivity index (χ3v) is 4.75. The van der Waals surface area contributed by atoms with Gasteiger partial charge in [0, 0.05) is 17.9 Å². The van der Waals surface area contributed by atoms with E-state index < -0.39 is 11.8 Å². The van der Waals surface area contributed by atoms with Crippen LogP contribution in [0.5, 0.6) is 0 Å². The molecule has 0 saturated carbocycles. The van der Waals surface area contributed by atoms with Gasteiger partial charge in [0.25, 0.3) is 0 Å². The molecular formula is C18H18BrFN2O3. The Hall–Kier alpha value is -2.15. The number of hydrogen-bond donors (Lipinski definition) is 1. The number of nitrogens with zero attached hydrogens (tertiary/aromatic N) is 1. The van der Waals surface area contributed by atoms with E-state index in [0.717, 1.165) is 0 Å². The fourth-order valence-electron chi connectivity index (χ4n) is 3.17. The predicted octanol–water partition coefficient (Wildman–Crippen LogP) is 4.37. The molecule has 0 amide bonds. The summed E-state index contributed by atoms with van der Waals surface area (Å²) in [7, 11) is 1.70. The van der Waals surface area contributed by atoms with Crippen LogP contribution < -0.4 is 5.32 Å². The minimum absolute atomic E-state index is 0.0152. The molecule has 3 rings (SSSR count). The van der Waals surface area contributed by atoms with E-state index in [1.165, 1.54) is 6.07 Å². The van der Waals surface area contributed by atoms with Gasteiger partial charge in [-0.05, 0) is 43.5 Å². The zero-order valence-electron chi connectivity index (χ0n) is 14.0. The third-order valence-electron chi connectivity index (χ3n) is 4.25. The van der Waals surface area contributed by atoms with Gasteiger partial charge in [0.1, 0.15) is 17.2 Å². The number of rotatable bonds is 4. The van der Waals surface area contributed by atoms with E-state index in [9.17, 15) is 14.0 Å². The fraction of sp³-hybridized carbons (Fsp3) is 0.333. The summed E-state index contributed by atoms with van der Waals surface area (Å²) in [5.41, 5.74) is 1.71. The minimum atomic E-state index is -0.505. The summed E-state index contributed by atoms with van der Waals surface area (Å²) < 4.78 is 21.6. The van der Waals surface area contributed by atoms with Crippen molar-refractivity contribution in [1.29, 1.82) is 0 Å². The Kier molecular flexibility index (Phi) is 4.94. The van der Waals surface area contributed by atoms with E-state index in [2.05, 4.69) is 21.2 Å². The summed E-state index contributed by atoms with van der Waals surface area (Å²) in [6.07, 6.45) is 1.75. The lowest BCUT2D eigenvalue weighted by atomic mass is 9.94. The van der Waals surface area contributed by atoms with Gasteiger partial charge in [-0.3, -0.25) is 4.79 Å². The predicted molar refractivity (Wildman–Crippen MR) is 96.0 cm³/mol. The molecule has 7 heteroatoms. The number of hydrogen-bond acceptors (Lipinski definition) is 4. The number of benzene rings is 1. The number of fused-ring (bicyclic) bond motifs is 1. The van der Waals surface area contributed by atoms with Crippen LogP contribution in [0.4, 0.5) is 15.9 Å². The van der Waals surface area contributed by atoms with Gasteiger partial charge in [0.2, 0.25) is 0 Å². The molecule has 0 unspecified atom stereocenters. The summed E-state index contributed by atoms with van der Waals surface area (Å²) in [5.74, 6) is -0.609. The van der Waals surface area contributed by atoms with Crippen LogP contribution in [0.1, 0.15) is 46.2 Å². The van der Waals surface area contributed by atoms with Crippen molar-refractivity contribution < 1.29 is 18.7 Å². The second-order valence-electron chi connectivity index (χ2n) is 5.86. The van der Waals surface area contributed by atoms with E-state index in [1.54, 1.807) is 30.7 Å². The van der Waals surface area contributed by atoms with Crippen LogP contribution >= 0.6 is 15.9 Å². The Balaban J connectivity index is 2.14. The van der Waals surface area contributed by atoms with Crippen LogP contribution in [0.2, 0.25) is 0 Å². The largest absolute Gasteiger partial charge is 0.462 e. The number of ketones is 1. The SMILES string of the molecule is CCOC(=O)c1c2c(n(C)c1Nc1ccc(Br)cc1F)C(=O)CCC2. The summed E-state index contributed by atoms with van der Waals surface area (Å²) in [5, 5.41) is 2.97. The molecule has 0 fully saturated rings. The van der Waals surface area contributed by atoms with Crippen LogP contribution in [0, 0.1) is 5.82 Å². The van der Waals surface area contributed by atoms with Gasteiger partial charge in [-0.1, -0.05) is 15.9 Å². The topological polar surface area (TPSA) is 60.3 Å². The number of carbonyl (C=O) groups excluding carboxylic acids is 2. The first kappa shape index (κ1) is 17.7. The van der Waals surface area contributed by atoms with E-state index in [4.69, 9.17) is 4.74 Å². The molecule has 1 aromatic carbocycles. The van der Waals surface area contributed by atoms with Crippen LogP contribution in [0.25, 0.3) is 0 Å². The molecule has 1 aromatic heterocycles. The maximum atomic E-state index is 14.2. The van der Waals surface area contributed by atoms with Crippen molar-refractivity contribution in [3.63, 3.8) is 0 Å². The van der Waals surface area contributed by atoms with Gasteiger partial charge in [0.05, 0.1) is 18.0 Å². The molecule has 2 aromatic rings. The van der Waals surface area contributed by atoms with E-state index >= 15 is 0 Å². The first-order valence-electron chi connectivity index (χ1n) is 8.08. The quantitative estimate of drug-likeness (QED) is 0.763. The van der Waals surface area contributed by atoms with Crippen molar-refractivity contribution in [2.75, 3.05) is 11.9 Å². The van der Waals surface area contributed by atoms with Crippen LogP contribution in [0.3, 0.4) is 0 Å². The van der Waals surface area contributed by atoms with Crippen LogP contribution in [-0.4, -0.2) is 22.9 Å². The Morgan fingerprint density at radius 3 is 2.84 bits per heavy atom. The molecule has 0 bridgehead atoms. The highest BCUT2D eigenvalue weighted by Crippen LogP contribution is 2.35. The highest BCUT2D eigenvalue weighted by molar-refractivity contribution is 9.10. The number of carbonyl (C=O) groups is 2. The van der Waals surface area contributed by atoms with Gasteiger partial charge in [0.15, 0.2) is 5.78 Å². The van der Waals surface area contributed by atoms with Crippen molar-refractivity contribution in [2.24, 2.45) is 7.05 Å². The second kappa shape index (κ2) is 7.00. The first-order chi connectivity index (χ1) is 11.9. The average Bonchev–Trinajstić information content (AvgIpc) is 2.84. The van der Waals surface area contributed by atoms with E-state index in [1.807, 2.05) is 0 Å². The molecule has 1 aliphatic rings. The molecule has 1 heterocycles. The lowest BCUT2D eigenvalue weighted by Crippen LogP contribution is -2.15. The summed E-state index contributed by atoms with van der Waals surface area (Å²) in [6.45, 7) is 1.95. The molecular weight excluding hydrogens is 391 g/mol. The van der Waals surface area contributed by atoms with Gasteiger partial charge in [-0.2, -0.15) is 0 Å². The van der Waals surface area contributed by atoms with Gasteiger partial charge in [-0.15, -0.1) is 0 Å². The highest BCUT2D eigenvalue weighted by Gasteiger charge is 2.32. The molecule has 0 aliphatic heterocycles. The lowest BCUT2D eigenvalue weighted by molar-refractivity contribution is 0.0526. The molecule has 25 heavy (non-hydrogen) atoms. The molecule has 0 radical (unpaired) electrons. The summed E-state index contributed by atoms with van der Waals surface area (Å²) in [6, 6.07) is 4.60. The van der Waals surface area contributed by atoms with Gasteiger partial charge < -0.3 is 14.6 Å². The number of nitrogens with one attached hydrogen (secondary N) is 1. The summed E-state index contributed by atoms with van der Waals surface area (Å²) in [4.78, 5) is 24.8. The molecule has 5 nitrogen and oxygen atoms in total. The smallest absolute Gasteiger partial charge is 0.342 e. The zero-order valence-corrected chi connectivity index (χ0v) is 15.6. The first-order valence-corrected chi connectivity index (χ1v) is 8.87. The lowest BCUT2D eigenvalue weighted by Gasteiger charge is -2.12. The van der Waals surface area contributed by atoms with Crippen molar-refractivity contribution >= 4 is 39.2 Å². The second-order valence-corrected chi connectivity index (χ2v) is 6.77. The molecule has 0 saturated heterocycles. The zero-order chi connectivity index (χ0) is 18.1.